The fourth-order valence-corrected chi connectivity index (χ4v) is 4.30. The van der Waals surface area contributed by atoms with Crippen molar-refractivity contribution in [2.24, 2.45) is 5.92 Å². The van der Waals surface area contributed by atoms with E-state index in [0.29, 0.717) is 12.5 Å². The van der Waals surface area contributed by atoms with Crippen LogP contribution in [0.3, 0.4) is 0 Å². The van der Waals surface area contributed by atoms with Crippen molar-refractivity contribution in [3.8, 4) is 0 Å². The maximum atomic E-state index is 12.5. The number of piperidine rings is 1. The van der Waals surface area contributed by atoms with Gasteiger partial charge in [-0.2, -0.15) is 4.31 Å². The fourth-order valence-electron chi connectivity index (χ4n) is 2.26. The van der Waals surface area contributed by atoms with Gasteiger partial charge in [-0.25, -0.2) is 13.4 Å². The summed E-state index contributed by atoms with van der Waals surface area (Å²) in [6, 6.07) is 2.94. The number of hydrogen-bond acceptors (Lipinski definition) is 3. The number of hydrogen-bond donors (Lipinski definition) is 0. The van der Waals surface area contributed by atoms with Gasteiger partial charge in [0.15, 0.2) is 0 Å². The van der Waals surface area contributed by atoms with Crippen molar-refractivity contribution in [2.75, 3.05) is 6.54 Å². The van der Waals surface area contributed by atoms with Crippen LogP contribution in [-0.2, 0) is 10.0 Å². The van der Waals surface area contributed by atoms with Crippen LogP contribution in [0.1, 0.15) is 26.7 Å². The van der Waals surface area contributed by atoms with Crippen molar-refractivity contribution in [2.45, 2.75) is 37.6 Å². The first-order valence-electron chi connectivity index (χ1n) is 6.04. The van der Waals surface area contributed by atoms with Crippen molar-refractivity contribution in [3.05, 3.63) is 23.5 Å². The maximum Gasteiger partial charge on any atom is 0.243 e. The molecule has 2 rings (SSSR count). The molecule has 0 aromatic carbocycles. The quantitative estimate of drug-likeness (QED) is 0.786. The van der Waals surface area contributed by atoms with E-state index in [2.05, 4.69) is 11.9 Å². The molecule has 1 aromatic heterocycles. The number of halogens is 1. The lowest BCUT2D eigenvalue weighted by Crippen LogP contribution is -2.44. The van der Waals surface area contributed by atoms with Crippen LogP contribution in [0.15, 0.2) is 23.2 Å². The highest BCUT2D eigenvalue weighted by molar-refractivity contribution is 7.89. The molecular formula is C12H17ClN2O2S. The van der Waals surface area contributed by atoms with Crippen LogP contribution < -0.4 is 0 Å². The predicted octanol–water partition coefficient (Wildman–Crippen LogP) is 2.54. The third kappa shape index (κ3) is 2.68. The van der Waals surface area contributed by atoms with Gasteiger partial charge in [0.2, 0.25) is 10.0 Å². The topological polar surface area (TPSA) is 50.3 Å². The Kier molecular flexibility index (Phi) is 3.94. The van der Waals surface area contributed by atoms with Crippen molar-refractivity contribution >= 4 is 21.6 Å². The summed E-state index contributed by atoms with van der Waals surface area (Å²) in [4.78, 5) is 4.04. The van der Waals surface area contributed by atoms with E-state index in [1.807, 2.05) is 6.92 Å². The van der Waals surface area contributed by atoms with E-state index in [9.17, 15) is 8.42 Å². The first kappa shape index (κ1) is 13.8. The van der Waals surface area contributed by atoms with Crippen LogP contribution in [0.25, 0.3) is 0 Å². The van der Waals surface area contributed by atoms with Gasteiger partial charge in [-0.15, -0.1) is 0 Å². The molecule has 0 N–H and O–H groups in total. The van der Waals surface area contributed by atoms with E-state index >= 15 is 0 Å². The van der Waals surface area contributed by atoms with Gasteiger partial charge in [0.05, 0.1) is 4.90 Å². The molecule has 0 aliphatic carbocycles. The molecule has 4 nitrogen and oxygen atoms in total. The summed E-state index contributed by atoms with van der Waals surface area (Å²) in [5.74, 6) is 0.397. The minimum absolute atomic E-state index is 0.0399. The largest absolute Gasteiger partial charge is 0.244 e. The van der Waals surface area contributed by atoms with Gasteiger partial charge in [-0.1, -0.05) is 18.5 Å². The van der Waals surface area contributed by atoms with Crippen molar-refractivity contribution < 1.29 is 8.42 Å². The first-order chi connectivity index (χ1) is 8.41. The standard InChI is InChI=1S/C12H17ClN2O2S/c1-9-3-4-10(2)15(8-9)18(16,17)11-5-6-14-12(13)7-11/h5-7,9-10H,3-4,8H2,1-2H3. The van der Waals surface area contributed by atoms with Gasteiger partial charge < -0.3 is 0 Å². The van der Waals surface area contributed by atoms with Gasteiger partial charge in [0, 0.05) is 18.8 Å². The summed E-state index contributed by atoms with van der Waals surface area (Å²) in [5, 5.41) is 0.203. The van der Waals surface area contributed by atoms with Crippen LogP contribution in [0, 0.1) is 5.92 Å². The zero-order chi connectivity index (χ0) is 13.3. The van der Waals surface area contributed by atoms with Gasteiger partial charge in [0.1, 0.15) is 5.15 Å². The number of aromatic nitrogens is 1. The molecule has 1 aromatic rings. The summed E-state index contributed by atoms with van der Waals surface area (Å²) in [6.45, 7) is 4.60. The molecule has 0 amide bonds. The Bertz CT molecular complexity index is 533. The van der Waals surface area contributed by atoms with Crippen LogP contribution in [0.2, 0.25) is 5.15 Å². The lowest BCUT2D eigenvalue weighted by Gasteiger charge is -2.35. The van der Waals surface area contributed by atoms with E-state index in [0.717, 1.165) is 12.8 Å². The predicted molar refractivity (Wildman–Crippen MR) is 71.0 cm³/mol. The molecule has 0 bridgehead atoms. The van der Waals surface area contributed by atoms with Crippen LogP contribution >= 0.6 is 11.6 Å². The molecule has 0 radical (unpaired) electrons. The zero-order valence-electron chi connectivity index (χ0n) is 10.5. The average molecular weight is 289 g/mol. The summed E-state index contributed by atoms with van der Waals surface area (Å²) in [5.41, 5.74) is 0. The number of sulfonamides is 1. The Labute approximate surface area is 113 Å². The molecule has 1 aliphatic rings. The monoisotopic (exact) mass is 288 g/mol. The molecule has 100 valence electrons. The lowest BCUT2D eigenvalue weighted by atomic mass is 9.97. The van der Waals surface area contributed by atoms with Gasteiger partial charge in [0.25, 0.3) is 0 Å². The Morgan fingerprint density at radius 2 is 2.11 bits per heavy atom. The molecule has 2 heterocycles. The third-order valence-corrected chi connectivity index (χ3v) is 5.55. The van der Waals surface area contributed by atoms with Gasteiger partial charge >= 0.3 is 0 Å². The highest BCUT2D eigenvalue weighted by Gasteiger charge is 2.33. The van der Waals surface area contributed by atoms with Crippen LogP contribution in [-0.4, -0.2) is 30.3 Å². The Hall–Kier alpha value is -0.650. The highest BCUT2D eigenvalue weighted by Crippen LogP contribution is 2.28. The molecule has 2 unspecified atom stereocenters. The smallest absolute Gasteiger partial charge is 0.243 e. The maximum absolute atomic E-state index is 12.5. The Morgan fingerprint density at radius 1 is 1.39 bits per heavy atom. The van der Waals surface area contributed by atoms with Crippen molar-refractivity contribution in [1.29, 1.82) is 0 Å². The molecule has 6 heteroatoms. The number of rotatable bonds is 2. The van der Waals surface area contributed by atoms with E-state index < -0.39 is 10.0 Å². The van der Waals surface area contributed by atoms with Crippen molar-refractivity contribution in [1.82, 2.24) is 9.29 Å². The second-order valence-electron chi connectivity index (χ2n) is 4.92. The molecule has 0 spiro atoms. The fraction of sp³-hybridized carbons (Fsp3) is 0.583. The lowest BCUT2D eigenvalue weighted by molar-refractivity contribution is 0.218. The molecule has 18 heavy (non-hydrogen) atoms. The SMILES string of the molecule is CC1CCC(C)N(S(=O)(=O)c2ccnc(Cl)c2)C1. The van der Waals surface area contributed by atoms with E-state index in [1.54, 1.807) is 4.31 Å². The number of nitrogens with zero attached hydrogens (tertiary/aromatic N) is 2. The molecule has 1 fully saturated rings. The second kappa shape index (κ2) is 5.15. The summed E-state index contributed by atoms with van der Waals surface area (Å²) >= 11 is 5.76. The first-order valence-corrected chi connectivity index (χ1v) is 7.86. The molecule has 0 saturated carbocycles. The molecule has 1 aliphatic heterocycles. The highest BCUT2D eigenvalue weighted by atomic mass is 35.5. The Balaban J connectivity index is 2.35. The third-order valence-electron chi connectivity index (χ3n) is 3.37. The minimum atomic E-state index is -3.46. The van der Waals surface area contributed by atoms with Crippen molar-refractivity contribution in [3.63, 3.8) is 0 Å². The average Bonchev–Trinajstić information content (AvgIpc) is 2.32. The number of pyridine rings is 1. The molecule has 1 saturated heterocycles. The summed E-state index contributed by atoms with van der Waals surface area (Å²) in [6.07, 6.45) is 3.40. The van der Waals surface area contributed by atoms with E-state index in [1.165, 1.54) is 18.3 Å². The molecule has 2 atom stereocenters. The van der Waals surface area contributed by atoms with E-state index in [4.69, 9.17) is 11.6 Å². The Morgan fingerprint density at radius 3 is 2.78 bits per heavy atom. The minimum Gasteiger partial charge on any atom is -0.244 e. The van der Waals surface area contributed by atoms with Crippen LogP contribution in [0.5, 0.6) is 0 Å². The van der Waals surface area contributed by atoms with Gasteiger partial charge in [-0.05, 0) is 37.8 Å². The van der Waals surface area contributed by atoms with Gasteiger partial charge in [-0.3, -0.25) is 0 Å². The zero-order valence-corrected chi connectivity index (χ0v) is 12.1. The summed E-state index contributed by atoms with van der Waals surface area (Å²) < 4.78 is 26.6. The molecular weight excluding hydrogens is 272 g/mol. The van der Waals surface area contributed by atoms with Crippen LogP contribution in [0.4, 0.5) is 0 Å². The van der Waals surface area contributed by atoms with E-state index in [-0.39, 0.29) is 16.1 Å². The normalized spacial score (nSPS) is 26.2. The second-order valence-corrected chi connectivity index (χ2v) is 7.20. The summed E-state index contributed by atoms with van der Waals surface area (Å²) in [7, 11) is -3.46.